The minimum Gasteiger partial charge on any atom is -0.458 e. The minimum atomic E-state index is -1.53. The Hall–Kier alpha value is -2.20. The molecule has 5 N–H and O–H groups in total. The van der Waals surface area contributed by atoms with Crippen molar-refractivity contribution in [2.45, 2.75) is 75.3 Å². The molecule has 2 aromatic carbocycles. The summed E-state index contributed by atoms with van der Waals surface area (Å²) in [5, 5.41) is 50.2. The van der Waals surface area contributed by atoms with E-state index >= 15 is 0 Å². The van der Waals surface area contributed by atoms with Crippen molar-refractivity contribution in [2.24, 2.45) is 0 Å². The summed E-state index contributed by atoms with van der Waals surface area (Å²) >= 11 is 0. The molecular weight excluding hydrogens is 428 g/mol. The molecule has 0 amide bonds. The van der Waals surface area contributed by atoms with E-state index in [0.29, 0.717) is 24.3 Å². The van der Waals surface area contributed by atoms with Gasteiger partial charge in [-0.1, -0.05) is 24.6 Å². The molecule has 4 bridgehead atoms. The van der Waals surface area contributed by atoms with Gasteiger partial charge < -0.3 is 39.7 Å². The Kier molecular flexibility index (Phi) is 7.85. The van der Waals surface area contributed by atoms with Crippen LogP contribution in [0.2, 0.25) is 0 Å². The number of aliphatic hydroxyl groups is 5. The fourth-order valence-electron chi connectivity index (χ4n) is 4.21. The number of benzene rings is 2. The molecule has 3 aliphatic rings. The average molecular weight is 461 g/mol. The third-order valence-corrected chi connectivity index (χ3v) is 6.27. The number of aryl methyl sites for hydroxylation is 2. The Labute approximate surface area is 193 Å². The SMILES string of the molecule is OCC1OC(Oc2ccc3cc2Oc2ccc(cc2)CCCC[C@@H](O)CC3)C(O)C(O)C1O. The summed E-state index contributed by atoms with van der Waals surface area (Å²) in [7, 11) is 0. The summed E-state index contributed by atoms with van der Waals surface area (Å²) < 4.78 is 17.4. The van der Waals surface area contributed by atoms with E-state index in [9.17, 15) is 25.5 Å². The lowest BCUT2D eigenvalue weighted by atomic mass is 9.99. The van der Waals surface area contributed by atoms with Gasteiger partial charge in [-0.2, -0.15) is 0 Å². The van der Waals surface area contributed by atoms with Crippen molar-refractivity contribution in [3.63, 3.8) is 0 Å². The van der Waals surface area contributed by atoms with Gasteiger partial charge in [0.15, 0.2) is 11.5 Å². The van der Waals surface area contributed by atoms with Crippen molar-refractivity contribution in [2.75, 3.05) is 6.61 Å². The lowest BCUT2D eigenvalue weighted by Crippen LogP contribution is -2.60. The molecule has 6 atom stereocenters. The Morgan fingerprint density at radius 2 is 1.58 bits per heavy atom. The number of hydrogen-bond donors (Lipinski definition) is 5. The van der Waals surface area contributed by atoms with Gasteiger partial charge in [0.1, 0.15) is 30.2 Å². The smallest absolute Gasteiger partial charge is 0.229 e. The summed E-state index contributed by atoms with van der Waals surface area (Å²) in [4.78, 5) is 0. The van der Waals surface area contributed by atoms with Crippen LogP contribution in [-0.2, 0) is 17.6 Å². The van der Waals surface area contributed by atoms with E-state index in [-0.39, 0.29) is 11.9 Å². The monoisotopic (exact) mass is 460 g/mol. The Bertz CT molecular complexity index is 900. The van der Waals surface area contributed by atoms with Gasteiger partial charge in [0, 0.05) is 0 Å². The van der Waals surface area contributed by atoms with Crippen molar-refractivity contribution >= 4 is 0 Å². The molecule has 180 valence electrons. The molecule has 3 aliphatic heterocycles. The summed E-state index contributed by atoms with van der Waals surface area (Å²) in [6, 6.07) is 13.1. The normalized spacial score (nSPS) is 30.7. The van der Waals surface area contributed by atoms with E-state index in [0.717, 1.165) is 31.2 Å². The highest BCUT2D eigenvalue weighted by atomic mass is 16.7. The molecule has 5 unspecified atom stereocenters. The van der Waals surface area contributed by atoms with Crippen molar-refractivity contribution in [3.8, 4) is 17.2 Å². The van der Waals surface area contributed by atoms with Crippen LogP contribution < -0.4 is 9.47 Å². The maximum absolute atomic E-state index is 10.3. The fraction of sp³-hybridized carbons (Fsp3) is 0.520. The summed E-state index contributed by atoms with van der Waals surface area (Å²) in [6.07, 6.45) is -2.29. The van der Waals surface area contributed by atoms with E-state index in [1.54, 1.807) is 6.07 Å². The number of fused-ring (bicyclic) bond motifs is 8. The van der Waals surface area contributed by atoms with Crippen LogP contribution >= 0.6 is 0 Å². The average Bonchev–Trinajstić information content (AvgIpc) is 2.83. The molecule has 1 fully saturated rings. The first-order chi connectivity index (χ1) is 15.9. The standard InChI is InChI=1S/C25H32O8/c26-14-21-22(28)23(29)24(30)25(33-21)32-19-12-8-16-5-9-17(27)4-2-1-3-15-6-10-18(11-7-15)31-20(19)13-16/h6-8,10-13,17,21-30H,1-5,9,14H2/t17-,21?,22?,23?,24?,25?/m1/s1. The summed E-state index contributed by atoms with van der Waals surface area (Å²) in [5.41, 5.74) is 2.15. The minimum absolute atomic E-state index is 0.275. The second-order valence-corrected chi connectivity index (χ2v) is 8.78. The third kappa shape index (κ3) is 5.84. The number of ether oxygens (including phenoxy) is 3. The van der Waals surface area contributed by atoms with Crippen LogP contribution in [0.1, 0.15) is 36.8 Å². The van der Waals surface area contributed by atoms with Crippen LogP contribution in [0.15, 0.2) is 42.5 Å². The molecule has 0 aromatic heterocycles. The maximum atomic E-state index is 10.3. The fourth-order valence-corrected chi connectivity index (χ4v) is 4.21. The number of hydrogen-bond acceptors (Lipinski definition) is 8. The quantitative estimate of drug-likeness (QED) is 0.468. The molecule has 0 aliphatic carbocycles. The van der Waals surface area contributed by atoms with Crippen LogP contribution in [-0.4, -0.2) is 68.9 Å². The first kappa shape index (κ1) is 23.9. The summed E-state index contributed by atoms with van der Waals surface area (Å²) in [6.45, 7) is -0.540. The molecule has 2 aromatic rings. The zero-order chi connectivity index (χ0) is 23.4. The highest BCUT2D eigenvalue weighted by Crippen LogP contribution is 2.36. The van der Waals surface area contributed by atoms with Gasteiger partial charge >= 0.3 is 0 Å². The molecule has 0 spiro atoms. The summed E-state index contributed by atoms with van der Waals surface area (Å²) in [5.74, 6) is 1.28. The number of aliphatic hydroxyl groups excluding tert-OH is 5. The van der Waals surface area contributed by atoms with E-state index in [1.165, 1.54) is 5.56 Å². The van der Waals surface area contributed by atoms with Crippen LogP contribution in [0.3, 0.4) is 0 Å². The van der Waals surface area contributed by atoms with Gasteiger partial charge in [-0.05, 0) is 67.5 Å². The molecular formula is C25H32O8. The zero-order valence-corrected chi connectivity index (χ0v) is 18.4. The van der Waals surface area contributed by atoms with Gasteiger partial charge in [0.2, 0.25) is 6.29 Å². The molecule has 3 heterocycles. The highest BCUT2D eigenvalue weighted by Gasteiger charge is 2.45. The Morgan fingerprint density at radius 3 is 2.33 bits per heavy atom. The van der Waals surface area contributed by atoms with Gasteiger partial charge in [-0.15, -0.1) is 0 Å². The second-order valence-electron chi connectivity index (χ2n) is 8.78. The maximum Gasteiger partial charge on any atom is 0.229 e. The van der Waals surface area contributed by atoms with Crippen molar-refractivity contribution in [1.29, 1.82) is 0 Å². The van der Waals surface area contributed by atoms with Crippen LogP contribution in [0.25, 0.3) is 0 Å². The molecule has 33 heavy (non-hydrogen) atoms. The van der Waals surface area contributed by atoms with E-state index in [1.807, 2.05) is 36.4 Å². The van der Waals surface area contributed by atoms with Crippen molar-refractivity contribution < 1.29 is 39.7 Å². The molecule has 0 radical (unpaired) electrons. The van der Waals surface area contributed by atoms with E-state index in [4.69, 9.17) is 14.2 Å². The first-order valence-corrected chi connectivity index (χ1v) is 11.5. The topological polar surface area (TPSA) is 129 Å². The van der Waals surface area contributed by atoms with Gasteiger partial charge in [0.25, 0.3) is 0 Å². The predicted octanol–water partition coefficient (Wildman–Crippen LogP) is 1.68. The molecule has 8 nitrogen and oxygen atoms in total. The van der Waals surface area contributed by atoms with Gasteiger partial charge in [-0.3, -0.25) is 0 Å². The lowest BCUT2D eigenvalue weighted by molar-refractivity contribution is -0.277. The van der Waals surface area contributed by atoms with E-state index in [2.05, 4.69) is 0 Å². The van der Waals surface area contributed by atoms with Gasteiger partial charge in [0.05, 0.1) is 12.7 Å². The predicted molar refractivity (Wildman–Crippen MR) is 119 cm³/mol. The lowest BCUT2D eigenvalue weighted by Gasteiger charge is -2.39. The van der Waals surface area contributed by atoms with Crippen LogP contribution in [0, 0.1) is 0 Å². The number of rotatable bonds is 3. The second kappa shape index (κ2) is 10.8. The Morgan fingerprint density at radius 1 is 0.818 bits per heavy atom. The molecule has 0 saturated carbocycles. The molecule has 8 heteroatoms. The Balaban J connectivity index is 1.60. The largest absolute Gasteiger partial charge is 0.458 e. The first-order valence-electron chi connectivity index (χ1n) is 11.5. The van der Waals surface area contributed by atoms with E-state index < -0.39 is 37.3 Å². The zero-order valence-electron chi connectivity index (χ0n) is 18.4. The van der Waals surface area contributed by atoms with Crippen LogP contribution in [0.4, 0.5) is 0 Å². The highest BCUT2D eigenvalue weighted by molar-refractivity contribution is 5.46. The molecule has 1 saturated heterocycles. The van der Waals surface area contributed by atoms with Crippen molar-refractivity contribution in [1.82, 2.24) is 0 Å². The van der Waals surface area contributed by atoms with Crippen molar-refractivity contribution in [3.05, 3.63) is 53.6 Å². The van der Waals surface area contributed by atoms with Gasteiger partial charge in [-0.25, -0.2) is 0 Å². The third-order valence-electron chi connectivity index (χ3n) is 6.27. The molecule has 5 rings (SSSR count). The van der Waals surface area contributed by atoms with Crippen LogP contribution in [0.5, 0.6) is 17.2 Å².